The van der Waals surface area contributed by atoms with Crippen LogP contribution >= 0.6 is 0 Å². The number of hydrogen-bond donors (Lipinski definition) is 1. The molecule has 3 aromatic rings. The number of piperazine rings is 1. The van der Waals surface area contributed by atoms with Gasteiger partial charge in [0.2, 0.25) is 11.8 Å². The first-order chi connectivity index (χ1) is 15.4. The first kappa shape index (κ1) is 21.8. The van der Waals surface area contributed by atoms with Crippen LogP contribution < -0.4 is 11.0 Å². The number of benzene rings is 1. The minimum absolute atomic E-state index is 0.00613. The summed E-state index contributed by atoms with van der Waals surface area (Å²) in [6.45, 7) is 3.88. The number of aryl methyl sites for hydroxylation is 2. The summed E-state index contributed by atoms with van der Waals surface area (Å²) in [4.78, 5) is 45.4. The summed E-state index contributed by atoms with van der Waals surface area (Å²) in [6, 6.07) is 13.7. The zero-order valence-electron chi connectivity index (χ0n) is 18.5. The van der Waals surface area contributed by atoms with Crippen molar-refractivity contribution in [2.24, 2.45) is 14.1 Å². The van der Waals surface area contributed by atoms with Crippen LogP contribution in [0.2, 0.25) is 0 Å². The van der Waals surface area contributed by atoms with Crippen LogP contribution in [-0.2, 0) is 30.2 Å². The Hall–Kier alpha value is -3.46. The van der Waals surface area contributed by atoms with E-state index in [1.807, 2.05) is 23.1 Å². The number of pyridine rings is 1. The standard InChI is InChI=1S/C23H28N6O3/c1-26-18-8-9-19(25-22(18)27(2)23(26)32)24-20(30)10-11-21(31)29-14-12-28(13-15-29)16-17-6-4-3-5-7-17/h3-9H,10-16H2,1-2H3,(H,24,25,30). The van der Waals surface area contributed by atoms with Gasteiger partial charge in [-0.25, -0.2) is 9.78 Å². The lowest BCUT2D eigenvalue weighted by Gasteiger charge is -2.34. The van der Waals surface area contributed by atoms with E-state index in [9.17, 15) is 14.4 Å². The third-order valence-electron chi connectivity index (χ3n) is 5.91. The van der Waals surface area contributed by atoms with Crippen LogP contribution in [0.4, 0.5) is 5.82 Å². The summed E-state index contributed by atoms with van der Waals surface area (Å²) in [7, 11) is 3.32. The van der Waals surface area contributed by atoms with Gasteiger partial charge in [-0.15, -0.1) is 0 Å². The number of carbonyl (C=O) groups excluding carboxylic acids is 2. The molecule has 1 fully saturated rings. The number of amides is 2. The molecular formula is C23H28N6O3. The Kier molecular flexibility index (Phi) is 6.36. The van der Waals surface area contributed by atoms with E-state index in [2.05, 4.69) is 27.3 Å². The SMILES string of the molecule is Cn1c(=O)n(C)c2nc(NC(=O)CCC(=O)N3CCN(Cc4ccccc4)CC3)ccc21. The molecule has 32 heavy (non-hydrogen) atoms. The monoisotopic (exact) mass is 436 g/mol. The van der Waals surface area contributed by atoms with Crippen LogP contribution in [0.25, 0.3) is 11.2 Å². The molecular weight excluding hydrogens is 408 g/mol. The van der Waals surface area contributed by atoms with Crippen molar-refractivity contribution in [2.75, 3.05) is 31.5 Å². The van der Waals surface area contributed by atoms with Gasteiger partial charge in [0, 0.05) is 59.7 Å². The van der Waals surface area contributed by atoms with Crippen molar-refractivity contribution in [3.63, 3.8) is 0 Å². The van der Waals surface area contributed by atoms with Gasteiger partial charge in [-0.2, -0.15) is 0 Å². The van der Waals surface area contributed by atoms with Crippen molar-refractivity contribution in [1.29, 1.82) is 0 Å². The van der Waals surface area contributed by atoms with Crippen LogP contribution in [0.3, 0.4) is 0 Å². The molecule has 1 aliphatic heterocycles. The van der Waals surface area contributed by atoms with Crippen LogP contribution in [0.5, 0.6) is 0 Å². The van der Waals surface area contributed by atoms with Gasteiger partial charge in [0.05, 0.1) is 5.52 Å². The zero-order valence-corrected chi connectivity index (χ0v) is 18.5. The summed E-state index contributed by atoms with van der Waals surface area (Å²) < 4.78 is 2.94. The van der Waals surface area contributed by atoms with Gasteiger partial charge in [0.25, 0.3) is 0 Å². The number of hydrogen-bond acceptors (Lipinski definition) is 5. The first-order valence-corrected chi connectivity index (χ1v) is 10.8. The van der Waals surface area contributed by atoms with Crippen molar-refractivity contribution in [2.45, 2.75) is 19.4 Å². The maximum atomic E-state index is 12.6. The molecule has 4 rings (SSSR count). The third kappa shape index (κ3) is 4.72. The Labute approximate surface area is 186 Å². The van der Waals surface area contributed by atoms with E-state index in [1.54, 1.807) is 26.2 Å². The highest BCUT2D eigenvalue weighted by Crippen LogP contribution is 2.14. The molecule has 1 aliphatic rings. The van der Waals surface area contributed by atoms with Crippen molar-refractivity contribution < 1.29 is 9.59 Å². The van der Waals surface area contributed by atoms with E-state index >= 15 is 0 Å². The molecule has 0 radical (unpaired) electrons. The summed E-state index contributed by atoms with van der Waals surface area (Å²) in [6.07, 6.45) is 0.257. The van der Waals surface area contributed by atoms with Crippen LogP contribution in [-0.4, -0.2) is 61.9 Å². The van der Waals surface area contributed by atoms with Gasteiger partial charge < -0.3 is 10.2 Å². The number of fused-ring (bicyclic) bond motifs is 1. The molecule has 2 aromatic heterocycles. The van der Waals surface area contributed by atoms with E-state index in [1.165, 1.54) is 14.7 Å². The molecule has 0 atom stereocenters. The van der Waals surface area contributed by atoms with E-state index in [0.717, 1.165) is 19.6 Å². The molecule has 9 heteroatoms. The van der Waals surface area contributed by atoms with Gasteiger partial charge in [0.1, 0.15) is 5.82 Å². The fraction of sp³-hybridized carbons (Fsp3) is 0.391. The highest BCUT2D eigenvalue weighted by atomic mass is 16.2. The lowest BCUT2D eigenvalue weighted by molar-refractivity contribution is -0.134. The second kappa shape index (κ2) is 9.35. The second-order valence-electron chi connectivity index (χ2n) is 8.13. The number of nitrogens with zero attached hydrogens (tertiary/aromatic N) is 5. The van der Waals surface area contributed by atoms with Crippen LogP contribution in [0, 0.1) is 0 Å². The molecule has 2 amide bonds. The normalized spacial score (nSPS) is 14.6. The van der Waals surface area contributed by atoms with Gasteiger partial charge in [-0.3, -0.25) is 23.6 Å². The minimum Gasteiger partial charge on any atom is -0.340 e. The molecule has 0 bridgehead atoms. The largest absolute Gasteiger partial charge is 0.340 e. The van der Waals surface area contributed by atoms with Gasteiger partial charge in [-0.1, -0.05) is 30.3 Å². The van der Waals surface area contributed by atoms with Crippen molar-refractivity contribution in [1.82, 2.24) is 23.9 Å². The van der Waals surface area contributed by atoms with Crippen molar-refractivity contribution >= 4 is 28.8 Å². The summed E-state index contributed by atoms with van der Waals surface area (Å²) in [5.74, 6) is 0.0906. The molecule has 0 unspecified atom stereocenters. The highest BCUT2D eigenvalue weighted by Gasteiger charge is 2.21. The molecule has 1 saturated heterocycles. The fourth-order valence-electron chi connectivity index (χ4n) is 4.02. The Balaban J connectivity index is 1.25. The number of imidazole rings is 1. The first-order valence-electron chi connectivity index (χ1n) is 10.8. The van der Waals surface area contributed by atoms with E-state index in [-0.39, 0.29) is 30.3 Å². The predicted octanol–water partition coefficient (Wildman–Crippen LogP) is 1.34. The molecule has 1 aromatic carbocycles. The Bertz CT molecular complexity index is 1180. The van der Waals surface area contributed by atoms with Crippen molar-refractivity contribution in [3.05, 3.63) is 58.5 Å². The van der Waals surface area contributed by atoms with Crippen LogP contribution in [0.15, 0.2) is 47.3 Å². The zero-order chi connectivity index (χ0) is 22.7. The summed E-state index contributed by atoms with van der Waals surface area (Å²) in [5.41, 5.74) is 2.29. The number of rotatable bonds is 6. The maximum absolute atomic E-state index is 12.6. The summed E-state index contributed by atoms with van der Waals surface area (Å²) >= 11 is 0. The fourth-order valence-corrected chi connectivity index (χ4v) is 4.02. The number of nitrogens with one attached hydrogen (secondary N) is 1. The Morgan fingerprint density at radius 3 is 2.38 bits per heavy atom. The Morgan fingerprint density at radius 2 is 1.66 bits per heavy atom. The average molecular weight is 437 g/mol. The number of aromatic nitrogens is 3. The predicted molar refractivity (Wildman–Crippen MR) is 122 cm³/mol. The highest BCUT2D eigenvalue weighted by molar-refractivity contribution is 5.93. The topological polar surface area (TPSA) is 92.5 Å². The number of carbonyl (C=O) groups is 2. The van der Waals surface area contributed by atoms with Gasteiger partial charge in [-0.05, 0) is 17.7 Å². The van der Waals surface area contributed by atoms with Crippen molar-refractivity contribution in [3.8, 4) is 0 Å². The molecule has 9 nitrogen and oxygen atoms in total. The lowest BCUT2D eigenvalue weighted by Crippen LogP contribution is -2.48. The van der Waals surface area contributed by atoms with E-state index < -0.39 is 0 Å². The smallest absolute Gasteiger partial charge is 0.329 e. The van der Waals surface area contributed by atoms with Gasteiger partial charge in [0.15, 0.2) is 5.65 Å². The average Bonchev–Trinajstić information content (AvgIpc) is 3.02. The molecule has 3 heterocycles. The molecule has 0 aliphatic carbocycles. The molecule has 1 N–H and O–H groups in total. The molecule has 0 saturated carbocycles. The summed E-state index contributed by atoms with van der Waals surface area (Å²) in [5, 5.41) is 2.73. The number of anilines is 1. The molecule has 0 spiro atoms. The maximum Gasteiger partial charge on any atom is 0.329 e. The Morgan fingerprint density at radius 1 is 0.938 bits per heavy atom. The lowest BCUT2D eigenvalue weighted by atomic mass is 10.2. The minimum atomic E-state index is -0.270. The quantitative estimate of drug-likeness (QED) is 0.630. The van der Waals surface area contributed by atoms with Crippen LogP contribution in [0.1, 0.15) is 18.4 Å². The van der Waals surface area contributed by atoms with E-state index in [0.29, 0.717) is 30.1 Å². The second-order valence-corrected chi connectivity index (χ2v) is 8.13. The third-order valence-corrected chi connectivity index (χ3v) is 5.91. The van der Waals surface area contributed by atoms with E-state index in [4.69, 9.17) is 0 Å². The van der Waals surface area contributed by atoms with Gasteiger partial charge >= 0.3 is 5.69 Å². The molecule has 168 valence electrons.